The van der Waals surface area contributed by atoms with Gasteiger partial charge in [0.15, 0.2) is 17.3 Å². The van der Waals surface area contributed by atoms with E-state index >= 15 is 0 Å². The van der Waals surface area contributed by atoms with Gasteiger partial charge in [0.1, 0.15) is 0 Å². The zero-order valence-corrected chi connectivity index (χ0v) is 23.6. The molecule has 0 unspecified atom stereocenters. The summed E-state index contributed by atoms with van der Waals surface area (Å²) in [6.45, 7) is 0. The summed E-state index contributed by atoms with van der Waals surface area (Å²) in [5.74, 6) is 0.0845. The van der Waals surface area contributed by atoms with Crippen LogP contribution in [0, 0.1) is 10.1 Å². The van der Waals surface area contributed by atoms with E-state index in [2.05, 4.69) is 21.0 Å². The molecule has 10 nitrogen and oxygen atoms in total. The van der Waals surface area contributed by atoms with Crippen molar-refractivity contribution in [3.05, 3.63) is 133 Å². The van der Waals surface area contributed by atoms with Gasteiger partial charge in [-0.25, -0.2) is 9.78 Å². The zero-order valence-electron chi connectivity index (χ0n) is 22.0. The van der Waals surface area contributed by atoms with Crippen LogP contribution in [0.3, 0.4) is 0 Å². The highest BCUT2D eigenvalue weighted by Crippen LogP contribution is 2.28. The van der Waals surface area contributed by atoms with E-state index in [-0.39, 0.29) is 22.7 Å². The molecule has 11 heteroatoms. The molecule has 0 atom stereocenters. The van der Waals surface area contributed by atoms with Crippen molar-refractivity contribution >= 4 is 50.8 Å². The highest BCUT2D eigenvalue weighted by Gasteiger charge is 2.13. The molecule has 0 amide bonds. The number of fused-ring (bicyclic) bond motifs is 1. The molecule has 0 aliphatic rings. The summed E-state index contributed by atoms with van der Waals surface area (Å²) in [5, 5.41) is 15.8. The molecule has 0 saturated heterocycles. The standard InChI is InChI=1S/C31H21BrN4O6/c1-41-28-18-21(9-15-27(28)42-29(37)16-10-20-5-4-6-24(17-20)36(39)40)19-33-35-30(22-11-13-23(32)14-12-22)34-26-8-3-2-7-25(26)31(35)38/h2-19H,1H3/b16-10+,33-19?. The lowest BCUT2D eigenvalue weighted by Gasteiger charge is -2.10. The van der Waals surface area contributed by atoms with Crippen LogP contribution in [0.4, 0.5) is 5.69 Å². The second-order valence-electron chi connectivity index (χ2n) is 8.84. The zero-order chi connectivity index (χ0) is 29.6. The van der Waals surface area contributed by atoms with E-state index in [9.17, 15) is 19.7 Å². The molecule has 1 aromatic heterocycles. The first kappa shape index (κ1) is 28.1. The summed E-state index contributed by atoms with van der Waals surface area (Å²) in [7, 11) is 1.43. The summed E-state index contributed by atoms with van der Waals surface area (Å²) < 4.78 is 12.9. The molecule has 0 saturated carbocycles. The minimum Gasteiger partial charge on any atom is -0.493 e. The number of rotatable bonds is 8. The molecule has 5 aromatic rings. The molecule has 0 N–H and O–H groups in total. The molecule has 0 radical (unpaired) electrons. The largest absolute Gasteiger partial charge is 0.493 e. The van der Waals surface area contributed by atoms with Crippen LogP contribution in [0.25, 0.3) is 28.4 Å². The van der Waals surface area contributed by atoms with Gasteiger partial charge in [-0.05, 0) is 59.7 Å². The van der Waals surface area contributed by atoms with Crippen molar-refractivity contribution in [3.63, 3.8) is 0 Å². The van der Waals surface area contributed by atoms with Gasteiger partial charge in [-0.15, -0.1) is 0 Å². The topological polar surface area (TPSA) is 126 Å². The minimum absolute atomic E-state index is 0.0878. The number of aromatic nitrogens is 2. The number of esters is 1. The molecule has 0 fully saturated rings. The van der Waals surface area contributed by atoms with Gasteiger partial charge in [0, 0.05) is 28.2 Å². The van der Waals surface area contributed by atoms with E-state index < -0.39 is 10.9 Å². The van der Waals surface area contributed by atoms with E-state index in [0.717, 1.165) is 10.5 Å². The molecule has 0 aliphatic carbocycles. The SMILES string of the molecule is COc1cc(C=Nn2c(-c3ccc(Br)cc3)nc3ccccc3c2=O)ccc1OC(=O)/C=C/c1cccc([N+](=O)[O-])c1. The Bertz CT molecular complexity index is 1930. The number of hydrogen-bond acceptors (Lipinski definition) is 8. The van der Waals surface area contributed by atoms with Crippen molar-refractivity contribution in [1.82, 2.24) is 9.66 Å². The first-order chi connectivity index (χ1) is 20.3. The summed E-state index contributed by atoms with van der Waals surface area (Å²) in [6.07, 6.45) is 4.06. The van der Waals surface area contributed by atoms with E-state index in [4.69, 9.17) is 14.5 Å². The van der Waals surface area contributed by atoms with Gasteiger partial charge in [-0.1, -0.05) is 52.3 Å². The summed E-state index contributed by atoms with van der Waals surface area (Å²) in [6, 6.07) is 25.1. The molecule has 0 aliphatic heterocycles. The van der Waals surface area contributed by atoms with Crippen LogP contribution in [0.5, 0.6) is 11.5 Å². The number of methoxy groups -OCH3 is 1. The number of carbonyl (C=O) groups is 1. The predicted molar refractivity (Wildman–Crippen MR) is 163 cm³/mol. The molecule has 4 aromatic carbocycles. The number of halogens is 1. The number of nitrogens with zero attached hydrogens (tertiary/aromatic N) is 4. The average molecular weight is 625 g/mol. The van der Waals surface area contributed by atoms with Crippen LogP contribution in [0.2, 0.25) is 0 Å². The van der Waals surface area contributed by atoms with Crippen molar-refractivity contribution in [1.29, 1.82) is 0 Å². The van der Waals surface area contributed by atoms with Crippen LogP contribution < -0.4 is 15.0 Å². The number of carbonyl (C=O) groups excluding carboxylic acids is 1. The number of non-ortho nitro benzene ring substituents is 1. The van der Waals surface area contributed by atoms with Gasteiger partial charge in [0.05, 0.1) is 29.2 Å². The van der Waals surface area contributed by atoms with Gasteiger partial charge in [0.25, 0.3) is 11.2 Å². The maximum atomic E-state index is 13.4. The first-order valence-electron chi connectivity index (χ1n) is 12.5. The lowest BCUT2D eigenvalue weighted by Crippen LogP contribution is -2.20. The van der Waals surface area contributed by atoms with E-state index in [1.165, 1.54) is 48.3 Å². The van der Waals surface area contributed by atoms with Gasteiger partial charge in [-0.2, -0.15) is 9.78 Å². The first-order valence-corrected chi connectivity index (χ1v) is 13.3. The number of nitro groups is 1. The Morgan fingerprint density at radius 3 is 2.52 bits per heavy atom. The molecule has 0 spiro atoms. The van der Waals surface area contributed by atoms with Crippen LogP contribution >= 0.6 is 15.9 Å². The lowest BCUT2D eigenvalue weighted by atomic mass is 10.2. The Labute approximate surface area is 247 Å². The van der Waals surface area contributed by atoms with Crippen molar-refractivity contribution in [3.8, 4) is 22.9 Å². The van der Waals surface area contributed by atoms with Crippen molar-refractivity contribution in [2.45, 2.75) is 0 Å². The van der Waals surface area contributed by atoms with E-state index in [0.29, 0.717) is 33.4 Å². The Morgan fingerprint density at radius 1 is 0.976 bits per heavy atom. The highest BCUT2D eigenvalue weighted by molar-refractivity contribution is 9.10. The molecule has 208 valence electrons. The number of para-hydroxylation sites is 1. The van der Waals surface area contributed by atoms with Crippen LogP contribution in [0.15, 0.2) is 111 Å². The number of nitro benzene ring substituents is 1. The fourth-order valence-electron chi connectivity index (χ4n) is 4.04. The van der Waals surface area contributed by atoms with E-state index in [1.54, 1.807) is 36.4 Å². The fourth-order valence-corrected chi connectivity index (χ4v) is 4.30. The molecular weight excluding hydrogens is 604 g/mol. The Morgan fingerprint density at radius 2 is 1.76 bits per heavy atom. The number of hydrogen-bond donors (Lipinski definition) is 0. The Balaban J connectivity index is 1.41. The van der Waals surface area contributed by atoms with Gasteiger partial charge >= 0.3 is 5.97 Å². The van der Waals surface area contributed by atoms with Gasteiger partial charge in [0.2, 0.25) is 0 Å². The molecule has 5 rings (SSSR count). The quantitative estimate of drug-likeness (QED) is 0.0499. The van der Waals surface area contributed by atoms with Crippen LogP contribution in [0.1, 0.15) is 11.1 Å². The maximum absolute atomic E-state index is 13.4. The number of ether oxygens (including phenoxy) is 2. The summed E-state index contributed by atoms with van der Waals surface area (Å²) >= 11 is 3.43. The van der Waals surface area contributed by atoms with Crippen LogP contribution in [-0.2, 0) is 4.79 Å². The monoisotopic (exact) mass is 624 g/mol. The lowest BCUT2D eigenvalue weighted by molar-refractivity contribution is -0.384. The normalized spacial score (nSPS) is 11.3. The van der Waals surface area contributed by atoms with Gasteiger partial charge in [-0.3, -0.25) is 14.9 Å². The Kier molecular flexibility index (Phi) is 8.30. The fraction of sp³-hybridized carbons (Fsp3) is 0.0323. The van der Waals surface area contributed by atoms with Crippen molar-refractivity contribution < 1.29 is 19.2 Å². The third kappa shape index (κ3) is 6.31. The highest BCUT2D eigenvalue weighted by atomic mass is 79.9. The Hall–Kier alpha value is -5.42. The van der Waals surface area contributed by atoms with Crippen molar-refractivity contribution in [2.75, 3.05) is 7.11 Å². The summed E-state index contributed by atoms with van der Waals surface area (Å²) in [5.41, 5.74) is 1.88. The van der Waals surface area contributed by atoms with Crippen LogP contribution in [-0.4, -0.2) is 33.9 Å². The maximum Gasteiger partial charge on any atom is 0.336 e. The second kappa shape index (κ2) is 12.4. The number of benzene rings is 4. The molecule has 0 bridgehead atoms. The van der Waals surface area contributed by atoms with Gasteiger partial charge < -0.3 is 9.47 Å². The summed E-state index contributed by atoms with van der Waals surface area (Å²) in [4.78, 5) is 41.0. The average Bonchev–Trinajstić information content (AvgIpc) is 3.00. The second-order valence-corrected chi connectivity index (χ2v) is 9.75. The smallest absolute Gasteiger partial charge is 0.336 e. The third-order valence-electron chi connectivity index (χ3n) is 6.07. The van der Waals surface area contributed by atoms with Crippen molar-refractivity contribution in [2.24, 2.45) is 5.10 Å². The minimum atomic E-state index is -0.700. The predicted octanol–water partition coefficient (Wildman–Crippen LogP) is 6.24. The van der Waals surface area contributed by atoms with E-state index in [1.807, 2.05) is 30.3 Å². The third-order valence-corrected chi connectivity index (χ3v) is 6.60. The molecular formula is C31H21BrN4O6. The molecule has 42 heavy (non-hydrogen) atoms. The molecule has 1 heterocycles.